The van der Waals surface area contributed by atoms with Crippen LogP contribution in [-0.4, -0.2) is 45.0 Å². The Morgan fingerprint density at radius 1 is 1.13 bits per heavy atom. The number of rotatable bonds is 5. The van der Waals surface area contributed by atoms with Gasteiger partial charge in [0.2, 0.25) is 5.95 Å². The molecule has 8 heteroatoms. The van der Waals surface area contributed by atoms with Crippen LogP contribution in [-0.2, 0) is 11.4 Å². The third-order valence-corrected chi connectivity index (χ3v) is 6.94. The highest BCUT2D eigenvalue weighted by atomic mass is 32.2. The fourth-order valence-electron chi connectivity index (χ4n) is 3.69. The van der Waals surface area contributed by atoms with Gasteiger partial charge in [-0.05, 0) is 43.1 Å². The first-order valence-electron chi connectivity index (χ1n) is 9.87. The zero-order chi connectivity index (χ0) is 21.1. The Hall–Kier alpha value is -2.52. The molecule has 1 aromatic heterocycles. The molecule has 0 aliphatic carbocycles. The minimum atomic E-state index is -1.35. The monoisotopic (exact) mass is 425 g/mol. The van der Waals surface area contributed by atoms with Gasteiger partial charge in [-0.15, -0.1) is 4.31 Å². The molecule has 0 saturated carbocycles. The molecule has 1 saturated heterocycles. The molecule has 3 N–H and O–H groups in total. The molecule has 2 heterocycles. The van der Waals surface area contributed by atoms with Crippen LogP contribution in [0.1, 0.15) is 12.8 Å². The summed E-state index contributed by atoms with van der Waals surface area (Å²) in [6.07, 6.45) is 5.06. The van der Waals surface area contributed by atoms with E-state index in [4.69, 9.17) is 5.73 Å². The SMILES string of the molecule is CN(C1CCCNC1)[S+]([O-])c1ccccc1-c1ccc(-c2cnc(N)nc2)c(F)c1. The van der Waals surface area contributed by atoms with Gasteiger partial charge >= 0.3 is 0 Å². The number of hydrogen-bond donors (Lipinski definition) is 2. The maximum absolute atomic E-state index is 14.9. The van der Waals surface area contributed by atoms with Crippen molar-refractivity contribution in [3.05, 3.63) is 60.7 Å². The largest absolute Gasteiger partial charge is 0.593 e. The number of anilines is 1. The Labute approximate surface area is 178 Å². The number of nitrogens with zero attached hydrogens (tertiary/aromatic N) is 3. The van der Waals surface area contributed by atoms with Gasteiger partial charge in [0.05, 0.1) is 17.4 Å². The molecule has 1 aliphatic rings. The highest BCUT2D eigenvalue weighted by Crippen LogP contribution is 2.33. The molecule has 2 atom stereocenters. The Bertz CT molecular complexity index is 1010. The number of nitrogens with one attached hydrogen (secondary N) is 1. The molecule has 6 nitrogen and oxygen atoms in total. The van der Waals surface area contributed by atoms with Gasteiger partial charge in [0, 0.05) is 42.7 Å². The summed E-state index contributed by atoms with van der Waals surface area (Å²) in [6.45, 7) is 1.82. The number of nitrogen functional groups attached to an aromatic ring is 1. The summed E-state index contributed by atoms with van der Waals surface area (Å²) in [5.41, 5.74) is 7.88. The molecule has 0 spiro atoms. The fourth-order valence-corrected chi connectivity index (χ4v) is 5.02. The van der Waals surface area contributed by atoms with Crippen LogP contribution in [0.15, 0.2) is 59.8 Å². The summed E-state index contributed by atoms with van der Waals surface area (Å²) in [5.74, 6) is -0.254. The summed E-state index contributed by atoms with van der Waals surface area (Å²) in [7, 11) is 1.88. The lowest BCUT2D eigenvalue weighted by Crippen LogP contribution is -2.46. The van der Waals surface area contributed by atoms with Crippen molar-refractivity contribution in [2.75, 3.05) is 25.9 Å². The number of likely N-dealkylation sites (N-methyl/N-ethyl adjacent to an activating group) is 1. The second kappa shape index (κ2) is 9.09. The van der Waals surface area contributed by atoms with Gasteiger partial charge in [0.15, 0.2) is 4.90 Å². The van der Waals surface area contributed by atoms with E-state index in [-0.39, 0.29) is 12.0 Å². The van der Waals surface area contributed by atoms with Crippen LogP contribution in [0.2, 0.25) is 0 Å². The molecule has 2 unspecified atom stereocenters. The molecule has 1 fully saturated rings. The zero-order valence-corrected chi connectivity index (χ0v) is 17.5. The van der Waals surface area contributed by atoms with Crippen LogP contribution >= 0.6 is 0 Å². The van der Waals surface area contributed by atoms with Gasteiger partial charge in [-0.3, -0.25) is 0 Å². The minimum Gasteiger partial charge on any atom is -0.593 e. The van der Waals surface area contributed by atoms with E-state index in [1.165, 1.54) is 18.5 Å². The quantitative estimate of drug-likeness (QED) is 0.610. The van der Waals surface area contributed by atoms with Gasteiger partial charge in [0.25, 0.3) is 0 Å². The molecule has 4 rings (SSSR count). The van der Waals surface area contributed by atoms with E-state index in [0.717, 1.165) is 31.5 Å². The molecule has 2 aromatic carbocycles. The standard InChI is InChI=1S/C22H24FN5OS/c1-28(17-5-4-10-25-14-17)30(29)21-7-3-2-6-19(21)15-8-9-18(20(23)11-15)16-12-26-22(24)27-13-16/h2-3,6-9,11-13,17,25H,4-5,10,14H2,1H3,(H2,24,26,27). The molecule has 156 valence electrons. The van der Waals surface area contributed by atoms with Gasteiger partial charge in [-0.1, -0.05) is 24.3 Å². The number of piperidine rings is 1. The highest BCUT2D eigenvalue weighted by molar-refractivity contribution is 7.89. The normalized spacial score (nSPS) is 17.8. The van der Waals surface area contributed by atoms with E-state index in [9.17, 15) is 8.94 Å². The van der Waals surface area contributed by atoms with Crippen LogP contribution in [0.4, 0.5) is 10.3 Å². The Balaban J connectivity index is 1.64. The lowest BCUT2D eigenvalue weighted by molar-refractivity contribution is 0.300. The predicted octanol–water partition coefficient (Wildman–Crippen LogP) is 3.24. The summed E-state index contributed by atoms with van der Waals surface area (Å²) in [5, 5.41) is 3.36. The molecule has 1 aliphatic heterocycles. The smallest absolute Gasteiger partial charge is 0.219 e. The maximum Gasteiger partial charge on any atom is 0.219 e. The fraction of sp³-hybridized carbons (Fsp3) is 0.273. The lowest BCUT2D eigenvalue weighted by atomic mass is 10.0. The number of halogens is 1. The van der Waals surface area contributed by atoms with Gasteiger partial charge in [-0.2, -0.15) is 0 Å². The molecular formula is C22H24FN5OS. The summed E-state index contributed by atoms with van der Waals surface area (Å²) in [4.78, 5) is 8.53. The van der Waals surface area contributed by atoms with Gasteiger partial charge in [0.1, 0.15) is 5.82 Å². The van der Waals surface area contributed by atoms with Crippen molar-refractivity contribution in [3.63, 3.8) is 0 Å². The van der Waals surface area contributed by atoms with E-state index in [2.05, 4.69) is 15.3 Å². The maximum atomic E-state index is 14.9. The third kappa shape index (κ3) is 4.32. The van der Waals surface area contributed by atoms with E-state index < -0.39 is 17.2 Å². The average Bonchev–Trinajstić information content (AvgIpc) is 2.79. The second-order valence-corrected chi connectivity index (χ2v) is 8.83. The van der Waals surface area contributed by atoms with Gasteiger partial charge < -0.3 is 15.6 Å². The summed E-state index contributed by atoms with van der Waals surface area (Å²) in [6, 6.07) is 12.6. The Kier molecular flexibility index (Phi) is 6.29. The molecule has 0 bridgehead atoms. The van der Waals surface area contributed by atoms with Crippen LogP contribution in [0.3, 0.4) is 0 Å². The van der Waals surface area contributed by atoms with E-state index in [0.29, 0.717) is 21.6 Å². The van der Waals surface area contributed by atoms with Gasteiger partial charge in [-0.25, -0.2) is 14.4 Å². The summed E-state index contributed by atoms with van der Waals surface area (Å²) >= 11 is -1.35. The van der Waals surface area contributed by atoms with Crippen molar-refractivity contribution in [1.82, 2.24) is 19.6 Å². The third-order valence-electron chi connectivity index (χ3n) is 5.38. The van der Waals surface area contributed by atoms with Crippen molar-refractivity contribution in [2.45, 2.75) is 23.8 Å². The second-order valence-electron chi connectivity index (χ2n) is 7.32. The minimum absolute atomic E-state index is 0.143. The van der Waals surface area contributed by atoms with Crippen molar-refractivity contribution in [2.24, 2.45) is 0 Å². The van der Waals surface area contributed by atoms with E-state index in [1.54, 1.807) is 6.07 Å². The Morgan fingerprint density at radius 2 is 1.90 bits per heavy atom. The first-order valence-corrected chi connectivity index (χ1v) is 11.0. The van der Waals surface area contributed by atoms with Crippen LogP contribution in [0.5, 0.6) is 0 Å². The van der Waals surface area contributed by atoms with Crippen molar-refractivity contribution < 1.29 is 8.94 Å². The zero-order valence-electron chi connectivity index (χ0n) is 16.7. The number of nitrogens with two attached hydrogens (primary N) is 1. The lowest BCUT2D eigenvalue weighted by Gasteiger charge is -2.31. The average molecular weight is 426 g/mol. The number of hydrogen-bond acceptors (Lipinski definition) is 6. The van der Waals surface area contributed by atoms with Crippen molar-refractivity contribution in [1.29, 1.82) is 0 Å². The molecule has 3 aromatic rings. The van der Waals surface area contributed by atoms with Crippen LogP contribution < -0.4 is 11.1 Å². The Morgan fingerprint density at radius 3 is 2.60 bits per heavy atom. The molecule has 0 radical (unpaired) electrons. The topological polar surface area (TPSA) is 90.1 Å². The van der Waals surface area contributed by atoms with Crippen molar-refractivity contribution >= 4 is 17.3 Å². The predicted molar refractivity (Wildman–Crippen MR) is 117 cm³/mol. The van der Waals surface area contributed by atoms with Crippen molar-refractivity contribution in [3.8, 4) is 22.3 Å². The van der Waals surface area contributed by atoms with E-state index >= 15 is 0 Å². The molecular weight excluding hydrogens is 401 g/mol. The first-order chi connectivity index (χ1) is 14.5. The summed E-state index contributed by atoms with van der Waals surface area (Å²) < 4.78 is 30.2. The highest BCUT2D eigenvalue weighted by Gasteiger charge is 2.30. The van der Waals surface area contributed by atoms with E-state index in [1.807, 2.05) is 41.7 Å². The number of aromatic nitrogens is 2. The van der Waals surface area contributed by atoms with Crippen LogP contribution in [0, 0.1) is 5.82 Å². The van der Waals surface area contributed by atoms with Crippen LogP contribution in [0.25, 0.3) is 22.3 Å². The molecule has 0 amide bonds. The first kappa shape index (κ1) is 20.7. The number of benzene rings is 2. The molecule has 30 heavy (non-hydrogen) atoms.